The molecule has 2 rings (SSSR count). The Labute approximate surface area is 117 Å². The molecule has 1 atom stereocenters. The average Bonchev–Trinajstić information content (AvgIpc) is 2.38. The van der Waals surface area contributed by atoms with E-state index in [-0.39, 0.29) is 4.47 Å². The standard InChI is InChI=1S/C13H13BrF3NO/c14-11-4-3-8(6-10(11)13(15,16)17)12(18)9-2-1-5-19-7-9/h3-4,6-7,12H,1-2,5,18H2. The minimum absolute atomic E-state index is 0.0184. The summed E-state index contributed by atoms with van der Waals surface area (Å²) in [5.41, 5.74) is 6.55. The molecular weight excluding hydrogens is 323 g/mol. The van der Waals surface area contributed by atoms with E-state index < -0.39 is 17.8 Å². The third-order valence-corrected chi connectivity index (χ3v) is 3.71. The zero-order chi connectivity index (χ0) is 14.0. The van der Waals surface area contributed by atoms with E-state index in [9.17, 15) is 13.2 Å². The summed E-state index contributed by atoms with van der Waals surface area (Å²) in [6.45, 7) is 0.629. The molecule has 1 aliphatic rings. The normalized spacial score (nSPS) is 17.6. The number of hydrogen-bond acceptors (Lipinski definition) is 2. The molecule has 1 heterocycles. The fourth-order valence-corrected chi connectivity index (χ4v) is 2.45. The molecule has 0 fully saturated rings. The van der Waals surface area contributed by atoms with Gasteiger partial charge in [0.15, 0.2) is 0 Å². The molecule has 0 bridgehead atoms. The van der Waals surface area contributed by atoms with Gasteiger partial charge in [0.05, 0.1) is 24.5 Å². The van der Waals surface area contributed by atoms with Crippen molar-refractivity contribution >= 4 is 15.9 Å². The highest BCUT2D eigenvalue weighted by Gasteiger charge is 2.33. The van der Waals surface area contributed by atoms with E-state index in [1.54, 1.807) is 12.3 Å². The van der Waals surface area contributed by atoms with Gasteiger partial charge in [0, 0.05) is 4.47 Å². The van der Waals surface area contributed by atoms with Crippen molar-refractivity contribution in [2.45, 2.75) is 25.1 Å². The van der Waals surface area contributed by atoms with E-state index in [2.05, 4.69) is 15.9 Å². The van der Waals surface area contributed by atoms with Crippen LogP contribution in [0.3, 0.4) is 0 Å². The monoisotopic (exact) mass is 335 g/mol. The van der Waals surface area contributed by atoms with Crippen LogP contribution in [-0.4, -0.2) is 6.61 Å². The third kappa shape index (κ3) is 3.30. The van der Waals surface area contributed by atoms with Gasteiger partial charge in [0.1, 0.15) is 0 Å². The van der Waals surface area contributed by atoms with Crippen molar-refractivity contribution in [2.75, 3.05) is 6.61 Å². The lowest BCUT2D eigenvalue weighted by atomic mass is 9.95. The van der Waals surface area contributed by atoms with Gasteiger partial charge in [-0.05, 0) is 36.1 Å². The van der Waals surface area contributed by atoms with Gasteiger partial charge in [0.25, 0.3) is 0 Å². The van der Waals surface area contributed by atoms with Crippen LogP contribution in [0.25, 0.3) is 0 Å². The highest BCUT2D eigenvalue weighted by atomic mass is 79.9. The van der Waals surface area contributed by atoms with Gasteiger partial charge in [-0.2, -0.15) is 13.2 Å². The third-order valence-electron chi connectivity index (χ3n) is 3.02. The van der Waals surface area contributed by atoms with Crippen molar-refractivity contribution in [3.05, 3.63) is 45.6 Å². The first kappa shape index (κ1) is 14.4. The predicted molar refractivity (Wildman–Crippen MR) is 69.3 cm³/mol. The molecule has 0 aromatic heterocycles. The van der Waals surface area contributed by atoms with Crippen LogP contribution in [0.2, 0.25) is 0 Å². The largest absolute Gasteiger partial charge is 0.501 e. The molecule has 0 aliphatic carbocycles. The van der Waals surface area contributed by atoms with Gasteiger partial charge in [-0.3, -0.25) is 0 Å². The second kappa shape index (κ2) is 5.54. The number of alkyl halides is 3. The second-order valence-electron chi connectivity index (χ2n) is 4.38. The Balaban J connectivity index is 2.33. The van der Waals surface area contributed by atoms with Crippen molar-refractivity contribution in [1.29, 1.82) is 0 Å². The molecular formula is C13H13BrF3NO. The minimum atomic E-state index is -4.40. The zero-order valence-corrected chi connectivity index (χ0v) is 11.6. The summed E-state index contributed by atoms with van der Waals surface area (Å²) in [6.07, 6.45) is -1.25. The maximum atomic E-state index is 12.8. The summed E-state index contributed by atoms with van der Waals surface area (Å²) in [5.74, 6) is 0. The first-order chi connectivity index (χ1) is 8.89. The Morgan fingerprint density at radius 2 is 2.05 bits per heavy atom. The molecule has 0 amide bonds. The molecule has 1 aromatic rings. The Morgan fingerprint density at radius 3 is 2.63 bits per heavy atom. The van der Waals surface area contributed by atoms with E-state index in [4.69, 9.17) is 10.5 Å². The fraction of sp³-hybridized carbons (Fsp3) is 0.385. The lowest BCUT2D eigenvalue weighted by molar-refractivity contribution is -0.138. The van der Waals surface area contributed by atoms with Gasteiger partial charge in [-0.1, -0.05) is 22.0 Å². The molecule has 2 nitrogen and oxygen atoms in total. The first-order valence-electron chi connectivity index (χ1n) is 5.82. The number of benzene rings is 1. The summed E-state index contributed by atoms with van der Waals surface area (Å²) < 4.78 is 43.7. The fourth-order valence-electron chi connectivity index (χ4n) is 1.98. The molecule has 0 spiro atoms. The molecule has 0 saturated carbocycles. The minimum Gasteiger partial charge on any atom is -0.501 e. The average molecular weight is 336 g/mol. The Morgan fingerprint density at radius 1 is 1.32 bits per heavy atom. The van der Waals surface area contributed by atoms with E-state index >= 15 is 0 Å². The molecule has 19 heavy (non-hydrogen) atoms. The van der Waals surface area contributed by atoms with E-state index in [1.807, 2.05) is 0 Å². The van der Waals surface area contributed by atoms with Crippen LogP contribution >= 0.6 is 15.9 Å². The highest BCUT2D eigenvalue weighted by Crippen LogP contribution is 2.37. The zero-order valence-electron chi connectivity index (χ0n) is 10.0. The number of rotatable bonds is 2. The smallest absolute Gasteiger partial charge is 0.417 e. The summed E-state index contributed by atoms with van der Waals surface area (Å²) in [6, 6.07) is 3.50. The summed E-state index contributed by atoms with van der Waals surface area (Å²) in [5, 5.41) is 0. The Kier molecular flexibility index (Phi) is 4.20. The van der Waals surface area contributed by atoms with E-state index in [0.717, 1.165) is 24.5 Å². The summed E-state index contributed by atoms with van der Waals surface area (Å²) in [7, 11) is 0. The van der Waals surface area contributed by atoms with Gasteiger partial charge in [-0.25, -0.2) is 0 Å². The van der Waals surface area contributed by atoms with Crippen LogP contribution in [0.15, 0.2) is 34.5 Å². The maximum absolute atomic E-state index is 12.8. The van der Waals surface area contributed by atoms with Crippen molar-refractivity contribution in [1.82, 2.24) is 0 Å². The van der Waals surface area contributed by atoms with Gasteiger partial charge in [-0.15, -0.1) is 0 Å². The van der Waals surface area contributed by atoms with Crippen LogP contribution in [-0.2, 0) is 10.9 Å². The van der Waals surface area contributed by atoms with Crippen LogP contribution in [0.5, 0.6) is 0 Å². The highest BCUT2D eigenvalue weighted by molar-refractivity contribution is 9.10. The van der Waals surface area contributed by atoms with Crippen molar-refractivity contribution < 1.29 is 17.9 Å². The SMILES string of the molecule is NC(C1=COCCC1)c1ccc(Br)c(C(F)(F)F)c1. The van der Waals surface area contributed by atoms with Gasteiger partial charge >= 0.3 is 6.18 Å². The van der Waals surface area contributed by atoms with Crippen molar-refractivity contribution in [3.63, 3.8) is 0 Å². The van der Waals surface area contributed by atoms with Crippen molar-refractivity contribution in [2.24, 2.45) is 5.73 Å². The topological polar surface area (TPSA) is 35.2 Å². The van der Waals surface area contributed by atoms with Gasteiger partial charge < -0.3 is 10.5 Å². The van der Waals surface area contributed by atoms with Crippen LogP contribution < -0.4 is 5.73 Å². The molecule has 1 aliphatic heterocycles. The predicted octanol–water partition coefficient (Wildman–Crippen LogP) is 4.16. The van der Waals surface area contributed by atoms with E-state index in [1.165, 1.54) is 6.07 Å². The van der Waals surface area contributed by atoms with Crippen molar-refractivity contribution in [3.8, 4) is 0 Å². The summed E-state index contributed by atoms with van der Waals surface area (Å²) >= 11 is 2.91. The Bertz CT molecular complexity index is 499. The first-order valence-corrected chi connectivity index (χ1v) is 6.61. The number of ether oxygens (including phenoxy) is 1. The molecule has 6 heteroatoms. The molecule has 1 aromatic carbocycles. The lowest BCUT2D eigenvalue weighted by Crippen LogP contribution is -2.17. The van der Waals surface area contributed by atoms with Crippen LogP contribution in [0, 0.1) is 0 Å². The second-order valence-corrected chi connectivity index (χ2v) is 5.24. The summed E-state index contributed by atoms with van der Waals surface area (Å²) in [4.78, 5) is 0. The molecule has 0 saturated heterocycles. The Hall–Kier alpha value is -1.01. The quantitative estimate of drug-likeness (QED) is 0.880. The number of hydrogen-bond donors (Lipinski definition) is 1. The molecule has 2 N–H and O–H groups in total. The van der Waals surface area contributed by atoms with Gasteiger partial charge in [0.2, 0.25) is 0 Å². The number of nitrogens with two attached hydrogens (primary N) is 1. The lowest BCUT2D eigenvalue weighted by Gasteiger charge is -2.21. The number of halogens is 4. The molecule has 104 valence electrons. The van der Waals surface area contributed by atoms with Crippen LogP contribution in [0.1, 0.15) is 30.0 Å². The maximum Gasteiger partial charge on any atom is 0.417 e. The molecule has 1 unspecified atom stereocenters. The molecule has 0 radical (unpaired) electrons. The van der Waals surface area contributed by atoms with E-state index in [0.29, 0.717) is 12.2 Å². The van der Waals surface area contributed by atoms with Crippen LogP contribution in [0.4, 0.5) is 13.2 Å².